The second-order valence-electron chi connectivity index (χ2n) is 0.257. The Balaban J connectivity index is -0.0000000450. The summed E-state index contributed by atoms with van der Waals surface area (Å²) >= 11 is 0. The zero-order valence-electron chi connectivity index (χ0n) is 3.76. The molecule has 0 saturated heterocycles. The van der Waals surface area contributed by atoms with Gasteiger partial charge in [-0.1, -0.05) is 0 Å². The molecule has 0 aromatic rings. The molecule has 6 heteroatoms. The van der Waals surface area contributed by atoms with Crippen LogP contribution in [-0.2, 0) is 0 Å². The average molecular weight is 91.9 g/mol. The van der Waals surface area contributed by atoms with E-state index in [0.29, 0.717) is 0 Å². The summed E-state index contributed by atoms with van der Waals surface area (Å²) in [5.74, 6) is 0. The van der Waals surface area contributed by atoms with Crippen molar-refractivity contribution in [1.82, 2.24) is 0 Å². The first-order valence-corrected chi connectivity index (χ1v) is 1.04. The largest absolute Gasteiger partial charge is 1.00 e. The maximum atomic E-state index is 8.72. The molecule has 0 aromatic carbocycles. The van der Waals surface area contributed by atoms with E-state index >= 15 is 0 Å². The minimum atomic E-state index is -0.694. The summed E-state index contributed by atoms with van der Waals surface area (Å²) in [4.78, 5) is 8.72. The fourth-order valence-electron chi connectivity index (χ4n) is 0. The molecule has 0 rings (SSSR count). The van der Waals surface area contributed by atoms with Crippen molar-refractivity contribution in [2.75, 3.05) is 0 Å². The minimum Gasteiger partial charge on any atom is -0.303 e. The molecule has 0 heterocycles. The van der Waals surface area contributed by atoms with Crippen molar-refractivity contribution in [3.8, 4) is 0 Å². The number of rotatable bonds is 0. The molecule has 0 atom stereocenters. The van der Waals surface area contributed by atoms with Gasteiger partial charge in [0.15, 0.2) is 0 Å². The maximum Gasteiger partial charge on any atom is 1.00 e. The van der Waals surface area contributed by atoms with Gasteiger partial charge in [-0.15, -0.1) is 14.1 Å². The summed E-state index contributed by atoms with van der Waals surface area (Å²) in [6.45, 7) is 0. The van der Waals surface area contributed by atoms with Gasteiger partial charge < -0.3 is 10.1 Å². The molecule has 24 valence electrons. The van der Waals surface area contributed by atoms with Crippen molar-refractivity contribution in [2.45, 2.75) is 0 Å². The summed E-state index contributed by atoms with van der Waals surface area (Å²) in [7, 11) is 2.03. The van der Waals surface area contributed by atoms with Crippen LogP contribution in [0.25, 0.3) is 0 Å². The Morgan fingerprint density at radius 3 is 1.50 bits per heavy atom. The second-order valence-corrected chi connectivity index (χ2v) is 0.622. The molecular formula is HLi2NO2P+. The van der Waals surface area contributed by atoms with Crippen molar-refractivity contribution >= 4 is 9.39 Å². The molecule has 6 heavy (non-hydrogen) atoms. The molecule has 0 amide bonds. The predicted molar refractivity (Wildman–Crippen MR) is 15.3 cm³/mol. The molecule has 0 aliphatic carbocycles. The molecule has 0 fully saturated rings. The Morgan fingerprint density at radius 1 is 1.50 bits per heavy atom. The molecular weight excluding hydrogens is 90.9 g/mol. The van der Waals surface area contributed by atoms with Gasteiger partial charge in [0.05, 0.1) is 0 Å². The van der Waals surface area contributed by atoms with Gasteiger partial charge >= 0.3 is 37.7 Å². The van der Waals surface area contributed by atoms with Gasteiger partial charge in [0.25, 0.3) is 0 Å². The first-order chi connectivity index (χ1) is 1.73. The van der Waals surface area contributed by atoms with E-state index in [2.05, 4.69) is 0 Å². The zero-order valence-corrected chi connectivity index (χ0v) is 4.76. The summed E-state index contributed by atoms with van der Waals surface area (Å²) in [5.41, 5.74) is 0. The summed E-state index contributed by atoms with van der Waals surface area (Å²) in [6, 6.07) is 0. The van der Waals surface area contributed by atoms with E-state index in [1.165, 1.54) is 0 Å². The molecule has 0 unspecified atom stereocenters. The van der Waals surface area contributed by atoms with E-state index in [1.54, 1.807) is 0 Å². The monoisotopic (exact) mass is 92.0 g/mol. The fraction of sp³-hybridized carbons (Fsp3) is 0. The van der Waals surface area contributed by atoms with Gasteiger partial charge in [-0.2, -0.15) is 0 Å². The average Bonchev–Trinajstić information content (AvgIpc) is 0.811. The Morgan fingerprint density at radius 2 is 1.50 bits per heavy atom. The van der Waals surface area contributed by atoms with Crippen molar-refractivity contribution in [1.29, 1.82) is 0 Å². The van der Waals surface area contributed by atoms with E-state index in [1.807, 2.05) is 9.39 Å². The van der Waals surface area contributed by atoms with Crippen molar-refractivity contribution < 1.29 is 42.4 Å². The standard InChI is InChI=1S/2Li.HNO2P/c;;2-1(3)4/h;;4H/q2*+1;-1. The van der Waals surface area contributed by atoms with Crippen LogP contribution in [0.3, 0.4) is 0 Å². The second kappa shape index (κ2) is 9.39. The van der Waals surface area contributed by atoms with Gasteiger partial charge in [-0.25, -0.2) is 0 Å². The van der Waals surface area contributed by atoms with Crippen LogP contribution in [0.1, 0.15) is 0 Å². The summed E-state index contributed by atoms with van der Waals surface area (Å²) in [5, 5.41) is 8.72. The van der Waals surface area contributed by atoms with E-state index in [-0.39, 0.29) is 37.7 Å². The molecule has 0 N–H and O–H groups in total. The van der Waals surface area contributed by atoms with Gasteiger partial charge in [0.1, 0.15) is 0 Å². The molecule has 0 aliphatic rings. The fourth-order valence-corrected chi connectivity index (χ4v) is 0. The molecule has 0 spiro atoms. The zero-order chi connectivity index (χ0) is 3.58. The van der Waals surface area contributed by atoms with Crippen LogP contribution < -0.4 is 37.7 Å². The third-order valence-corrected chi connectivity index (χ3v) is 0. The van der Waals surface area contributed by atoms with Gasteiger partial charge in [-0.3, -0.25) is 0 Å². The Kier molecular flexibility index (Phi) is 24.6. The quantitative estimate of drug-likeness (QED) is 0.129. The van der Waals surface area contributed by atoms with Crippen LogP contribution in [-0.4, -0.2) is 4.69 Å². The van der Waals surface area contributed by atoms with Gasteiger partial charge in [-0.05, 0) is 0 Å². The Bertz CT molecular complexity index is 34.5. The first kappa shape index (κ1) is 15.7. The van der Waals surface area contributed by atoms with Crippen LogP contribution in [0.15, 0.2) is 0 Å². The molecule has 0 aromatic heterocycles. The third-order valence-electron chi connectivity index (χ3n) is 0. The summed E-state index contributed by atoms with van der Waals surface area (Å²) < 4.78 is -0.694. The van der Waals surface area contributed by atoms with Crippen LogP contribution in [0.2, 0.25) is 0 Å². The van der Waals surface area contributed by atoms with Crippen LogP contribution >= 0.6 is 9.39 Å². The third kappa shape index (κ3) is 77.5. The van der Waals surface area contributed by atoms with E-state index < -0.39 is 4.69 Å². The van der Waals surface area contributed by atoms with Crippen LogP contribution in [0.5, 0.6) is 0 Å². The Hall–Kier alpha value is 1.02. The maximum absolute atomic E-state index is 8.72. The molecule has 0 bridgehead atoms. The minimum absolute atomic E-state index is 0. The first-order valence-electron chi connectivity index (χ1n) is 0.589. The molecule has 0 saturated carbocycles. The number of hydrogen-bond donors (Lipinski definition) is 0. The predicted octanol–water partition coefficient (Wildman–Crippen LogP) is -5.67. The van der Waals surface area contributed by atoms with Crippen molar-refractivity contribution in [3.05, 3.63) is 10.1 Å². The number of hydrogen-bond acceptors (Lipinski definition) is 2. The molecule has 3 nitrogen and oxygen atoms in total. The van der Waals surface area contributed by atoms with Crippen molar-refractivity contribution in [2.24, 2.45) is 0 Å². The topological polar surface area (TPSA) is 43.1 Å². The number of nitrogens with zero attached hydrogens (tertiary/aromatic N) is 1. The summed E-state index contributed by atoms with van der Waals surface area (Å²) in [6.07, 6.45) is 0. The normalized spacial score (nSPS) is 4.17. The van der Waals surface area contributed by atoms with E-state index in [4.69, 9.17) is 10.1 Å². The number of nitro groups is 1. The Labute approximate surface area is 62.0 Å². The van der Waals surface area contributed by atoms with Crippen LogP contribution in [0, 0.1) is 10.1 Å². The van der Waals surface area contributed by atoms with E-state index in [0.717, 1.165) is 0 Å². The molecule has 0 aliphatic heterocycles. The van der Waals surface area contributed by atoms with Crippen LogP contribution in [0.4, 0.5) is 0 Å². The smallest absolute Gasteiger partial charge is 0.303 e. The van der Waals surface area contributed by atoms with E-state index in [9.17, 15) is 0 Å². The SMILES string of the molecule is O=[N+]([O-])[PH-].[Li+].[Li+]. The van der Waals surface area contributed by atoms with Crippen molar-refractivity contribution in [3.63, 3.8) is 0 Å². The molecule has 0 radical (unpaired) electrons. The van der Waals surface area contributed by atoms with Gasteiger partial charge in [0, 0.05) is 0 Å². The van der Waals surface area contributed by atoms with Gasteiger partial charge in [0.2, 0.25) is 0 Å².